The van der Waals surface area contributed by atoms with Gasteiger partial charge in [0, 0.05) is 11.4 Å². The van der Waals surface area contributed by atoms with Crippen molar-refractivity contribution < 1.29 is 19.1 Å². The Labute approximate surface area is 194 Å². The summed E-state index contributed by atoms with van der Waals surface area (Å²) in [7, 11) is 0. The molecule has 6 heteroatoms. The van der Waals surface area contributed by atoms with Crippen LogP contribution in [0.2, 0.25) is 0 Å². The van der Waals surface area contributed by atoms with Crippen molar-refractivity contribution in [1.82, 2.24) is 0 Å². The maximum atomic E-state index is 11.7. The smallest absolute Gasteiger partial charge is 0.340 e. The molecule has 0 bridgehead atoms. The summed E-state index contributed by atoms with van der Waals surface area (Å²) in [4.78, 5) is 23.2. The molecule has 0 amide bonds. The molecule has 3 rings (SSSR count). The van der Waals surface area contributed by atoms with Crippen molar-refractivity contribution in [3.8, 4) is 0 Å². The van der Waals surface area contributed by atoms with Crippen molar-refractivity contribution in [3.05, 3.63) is 102 Å². The third kappa shape index (κ3) is 8.91. The molecule has 172 valence electrons. The fourth-order valence-electron chi connectivity index (χ4n) is 2.70. The van der Waals surface area contributed by atoms with Crippen LogP contribution in [0.3, 0.4) is 0 Å². The number of anilines is 2. The van der Waals surface area contributed by atoms with Crippen molar-refractivity contribution in [2.24, 2.45) is 0 Å². The first-order valence-corrected chi connectivity index (χ1v) is 10.8. The van der Waals surface area contributed by atoms with E-state index in [0.29, 0.717) is 29.1 Å². The van der Waals surface area contributed by atoms with Gasteiger partial charge in [-0.05, 0) is 42.3 Å². The van der Waals surface area contributed by atoms with Crippen LogP contribution in [0.5, 0.6) is 0 Å². The predicted octanol–water partition coefficient (Wildman–Crippen LogP) is 5.36. The minimum Gasteiger partial charge on any atom is -0.462 e. The highest BCUT2D eigenvalue weighted by Crippen LogP contribution is 2.12. The fraction of sp³-hybridized carbons (Fsp3) is 0.185. The van der Waals surface area contributed by atoms with Gasteiger partial charge in [-0.1, -0.05) is 74.0 Å². The fourth-order valence-corrected chi connectivity index (χ4v) is 2.70. The van der Waals surface area contributed by atoms with Gasteiger partial charge in [-0.3, -0.25) is 0 Å². The summed E-state index contributed by atoms with van der Waals surface area (Å²) in [5, 5.41) is 0. The van der Waals surface area contributed by atoms with Gasteiger partial charge in [0.05, 0.1) is 17.7 Å². The molecule has 0 saturated carbocycles. The summed E-state index contributed by atoms with van der Waals surface area (Å²) in [5.74, 6) is -0.743. The molecule has 0 aliphatic heterocycles. The van der Waals surface area contributed by atoms with Crippen LogP contribution in [0, 0.1) is 0 Å². The molecule has 0 aromatic heterocycles. The number of esters is 2. The highest BCUT2D eigenvalue weighted by molar-refractivity contribution is 5.95. The van der Waals surface area contributed by atoms with E-state index in [1.807, 2.05) is 43.3 Å². The van der Waals surface area contributed by atoms with Gasteiger partial charge >= 0.3 is 11.9 Å². The second kappa shape index (κ2) is 14.1. The Bertz CT molecular complexity index is 1050. The normalized spacial score (nSPS) is 10.2. The van der Waals surface area contributed by atoms with Crippen molar-refractivity contribution in [1.29, 1.82) is 0 Å². The predicted molar refractivity (Wildman–Crippen MR) is 133 cm³/mol. The number of carbonyl (C=O) groups excluding carboxylic acids is 2. The Morgan fingerprint density at radius 2 is 1.27 bits per heavy atom. The summed E-state index contributed by atoms with van der Waals surface area (Å²) in [5.41, 5.74) is 14.1. The van der Waals surface area contributed by atoms with Gasteiger partial charge < -0.3 is 20.9 Å². The summed E-state index contributed by atoms with van der Waals surface area (Å²) >= 11 is 0. The molecular formula is C27H30N2O4. The van der Waals surface area contributed by atoms with Crippen LogP contribution < -0.4 is 11.5 Å². The molecule has 0 aliphatic carbocycles. The van der Waals surface area contributed by atoms with Crippen LogP contribution in [-0.4, -0.2) is 25.2 Å². The van der Waals surface area contributed by atoms with Crippen molar-refractivity contribution in [2.75, 3.05) is 24.7 Å². The highest BCUT2D eigenvalue weighted by atomic mass is 16.5. The third-order valence-corrected chi connectivity index (χ3v) is 4.51. The Balaban J connectivity index is 0.000000245. The van der Waals surface area contributed by atoms with Crippen LogP contribution >= 0.6 is 0 Å². The van der Waals surface area contributed by atoms with Crippen LogP contribution in [0.25, 0.3) is 6.08 Å². The molecule has 0 heterocycles. The number of ether oxygens (including phenoxy) is 2. The molecular weight excluding hydrogens is 416 g/mol. The van der Waals surface area contributed by atoms with Crippen LogP contribution in [0.1, 0.15) is 46.0 Å². The zero-order chi connectivity index (χ0) is 23.9. The van der Waals surface area contributed by atoms with E-state index in [-0.39, 0.29) is 12.6 Å². The first kappa shape index (κ1) is 25.2. The molecule has 0 spiro atoms. The molecule has 33 heavy (non-hydrogen) atoms. The van der Waals surface area contributed by atoms with E-state index < -0.39 is 5.97 Å². The first-order chi connectivity index (χ1) is 16.0. The van der Waals surface area contributed by atoms with E-state index in [4.69, 9.17) is 20.9 Å². The van der Waals surface area contributed by atoms with Gasteiger partial charge in [-0.15, -0.1) is 0 Å². The lowest BCUT2D eigenvalue weighted by molar-refractivity contribution is 0.0499. The lowest BCUT2D eigenvalue weighted by Gasteiger charge is -2.05. The second-order valence-corrected chi connectivity index (χ2v) is 7.08. The number of hydrogen-bond acceptors (Lipinski definition) is 6. The molecule has 6 nitrogen and oxygen atoms in total. The summed E-state index contributed by atoms with van der Waals surface area (Å²) in [6, 6.07) is 23.6. The standard InChI is InChI=1S/C16H15NO2.C11H15NO2/c17-15-11-5-4-10-14(15)16(18)19-12-6-9-13-7-2-1-3-8-13;1-2-3-8-14-11(13)9-6-4-5-7-10(9)12/h1-11H,12,17H2;4-7H,2-3,8,12H2,1H3/b9-6+;. The van der Waals surface area contributed by atoms with Gasteiger partial charge in [-0.25, -0.2) is 9.59 Å². The highest BCUT2D eigenvalue weighted by Gasteiger charge is 2.09. The number of unbranched alkanes of at least 4 members (excludes halogenated alkanes) is 1. The van der Waals surface area contributed by atoms with Crippen LogP contribution in [0.4, 0.5) is 11.4 Å². The Morgan fingerprint density at radius 3 is 1.82 bits per heavy atom. The number of nitrogen functional groups attached to an aromatic ring is 2. The van der Waals surface area contributed by atoms with Crippen molar-refractivity contribution in [2.45, 2.75) is 19.8 Å². The average Bonchev–Trinajstić information content (AvgIpc) is 2.83. The van der Waals surface area contributed by atoms with E-state index in [9.17, 15) is 9.59 Å². The van der Waals surface area contributed by atoms with E-state index in [1.54, 1.807) is 54.6 Å². The number of hydrogen-bond donors (Lipinski definition) is 2. The molecule has 3 aromatic rings. The number of benzene rings is 3. The number of nitrogens with two attached hydrogens (primary N) is 2. The number of para-hydroxylation sites is 2. The Morgan fingerprint density at radius 1 is 0.758 bits per heavy atom. The van der Waals surface area contributed by atoms with Crippen molar-refractivity contribution >= 4 is 29.4 Å². The maximum absolute atomic E-state index is 11.7. The molecule has 0 saturated heterocycles. The SMILES string of the molecule is CCCCOC(=O)c1ccccc1N.Nc1ccccc1C(=O)OC/C=C/c1ccccc1. The number of carbonyl (C=O) groups is 2. The molecule has 0 atom stereocenters. The minimum absolute atomic E-state index is 0.224. The molecule has 0 radical (unpaired) electrons. The van der Waals surface area contributed by atoms with E-state index in [0.717, 1.165) is 18.4 Å². The van der Waals surface area contributed by atoms with E-state index >= 15 is 0 Å². The molecule has 0 fully saturated rings. The quantitative estimate of drug-likeness (QED) is 0.274. The Hall–Kier alpha value is -4.06. The third-order valence-electron chi connectivity index (χ3n) is 4.51. The first-order valence-electron chi connectivity index (χ1n) is 10.8. The largest absolute Gasteiger partial charge is 0.462 e. The summed E-state index contributed by atoms with van der Waals surface area (Å²) < 4.78 is 10.2. The zero-order valence-electron chi connectivity index (χ0n) is 18.8. The summed E-state index contributed by atoms with van der Waals surface area (Å²) in [6.07, 6.45) is 5.60. The van der Waals surface area contributed by atoms with Gasteiger partial charge in [0.2, 0.25) is 0 Å². The van der Waals surface area contributed by atoms with E-state index in [2.05, 4.69) is 0 Å². The second-order valence-electron chi connectivity index (χ2n) is 7.08. The zero-order valence-corrected chi connectivity index (χ0v) is 18.8. The number of rotatable bonds is 8. The molecule has 0 aliphatic rings. The average molecular weight is 447 g/mol. The van der Waals surface area contributed by atoms with Gasteiger partial charge in [0.1, 0.15) is 6.61 Å². The monoisotopic (exact) mass is 446 g/mol. The molecule has 4 N–H and O–H groups in total. The minimum atomic E-state index is -0.407. The summed E-state index contributed by atoms with van der Waals surface area (Å²) in [6.45, 7) is 2.73. The van der Waals surface area contributed by atoms with Gasteiger partial charge in [-0.2, -0.15) is 0 Å². The molecule has 0 unspecified atom stereocenters. The Kier molecular flexibility index (Phi) is 10.8. The van der Waals surface area contributed by atoms with Gasteiger partial charge in [0.15, 0.2) is 0 Å². The van der Waals surface area contributed by atoms with Crippen LogP contribution in [0.15, 0.2) is 84.9 Å². The lowest BCUT2D eigenvalue weighted by Crippen LogP contribution is -2.08. The van der Waals surface area contributed by atoms with Gasteiger partial charge in [0.25, 0.3) is 0 Å². The lowest BCUT2D eigenvalue weighted by atomic mass is 10.2. The maximum Gasteiger partial charge on any atom is 0.340 e. The molecule has 3 aromatic carbocycles. The van der Waals surface area contributed by atoms with Crippen LogP contribution in [-0.2, 0) is 9.47 Å². The van der Waals surface area contributed by atoms with E-state index in [1.165, 1.54) is 0 Å². The topological polar surface area (TPSA) is 105 Å². The van der Waals surface area contributed by atoms with Crippen molar-refractivity contribution in [3.63, 3.8) is 0 Å².